The number of nitrogens with zero attached hydrogens (tertiary/aromatic N) is 2. The Hall–Kier alpha value is -3.15. The predicted octanol–water partition coefficient (Wildman–Crippen LogP) is 4.01. The van der Waals surface area contributed by atoms with Gasteiger partial charge in [-0.15, -0.1) is 0 Å². The quantitative estimate of drug-likeness (QED) is 0.514. The first-order valence-electron chi connectivity index (χ1n) is 10.8. The summed E-state index contributed by atoms with van der Waals surface area (Å²) >= 11 is 0. The molecule has 6 heteroatoms. The van der Waals surface area contributed by atoms with Crippen molar-refractivity contribution < 1.29 is 14.2 Å². The molecule has 0 saturated heterocycles. The van der Waals surface area contributed by atoms with Crippen molar-refractivity contribution in [2.75, 3.05) is 47.5 Å². The molecule has 1 heterocycles. The van der Waals surface area contributed by atoms with E-state index in [1.54, 1.807) is 21.3 Å². The molecule has 0 fully saturated rings. The van der Waals surface area contributed by atoms with E-state index in [1.165, 1.54) is 11.1 Å². The van der Waals surface area contributed by atoms with Crippen molar-refractivity contribution >= 4 is 11.5 Å². The van der Waals surface area contributed by atoms with Crippen LogP contribution in [0.1, 0.15) is 24.5 Å². The summed E-state index contributed by atoms with van der Waals surface area (Å²) in [6.07, 6.45) is 4.07. The Morgan fingerprint density at radius 3 is 2.39 bits per heavy atom. The molecule has 6 nitrogen and oxygen atoms in total. The van der Waals surface area contributed by atoms with Gasteiger partial charge in [-0.1, -0.05) is 42.5 Å². The molecule has 0 amide bonds. The molecule has 0 unspecified atom stereocenters. The van der Waals surface area contributed by atoms with Crippen molar-refractivity contribution in [3.63, 3.8) is 0 Å². The molecule has 0 atom stereocenters. The van der Waals surface area contributed by atoms with Gasteiger partial charge in [0.15, 0.2) is 17.5 Å². The monoisotopic (exact) mass is 423 g/mol. The Labute approximate surface area is 185 Å². The van der Waals surface area contributed by atoms with Crippen LogP contribution in [0.5, 0.6) is 17.2 Å². The van der Waals surface area contributed by atoms with Crippen molar-refractivity contribution in [1.82, 2.24) is 10.2 Å². The van der Waals surface area contributed by atoms with Crippen molar-refractivity contribution in [3.05, 3.63) is 59.7 Å². The van der Waals surface area contributed by atoms with Crippen molar-refractivity contribution in [2.45, 2.75) is 19.8 Å². The van der Waals surface area contributed by atoms with Gasteiger partial charge in [-0.25, -0.2) is 0 Å². The molecular weight excluding hydrogens is 390 g/mol. The van der Waals surface area contributed by atoms with Crippen LogP contribution in [0, 0.1) is 0 Å². The number of nitrogens with one attached hydrogen (secondary N) is 1. The van der Waals surface area contributed by atoms with Gasteiger partial charge < -0.3 is 24.4 Å². The van der Waals surface area contributed by atoms with E-state index in [4.69, 9.17) is 19.2 Å². The highest BCUT2D eigenvalue weighted by atomic mass is 16.5. The van der Waals surface area contributed by atoms with Gasteiger partial charge in [0, 0.05) is 31.7 Å². The maximum atomic E-state index is 5.60. The summed E-state index contributed by atoms with van der Waals surface area (Å²) in [6, 6.07) is 14.5. The van der Waals surface area contributed by atoms with Crippen molar-refractivity contribution in [2.24, 2.45) is 4.99 Å². The minimum atomic E-state index is 0.619. The number of ether oxygens (including phenoxy) is 3. The van der Waals surface area contributed by atoms with Crippen molar-refractivity contribution in [3.8, 4) is 17.2 Å². The normalized spacial score (nSPS) is 14.1. The number of guanidine groups is 1. The van der Waals surface area contributed by atoms with Crippen LogP contribution < -0.4 is 19.5 Å². The van der Waals surface area contributed by atoms with Crippen LogP contribution in [0.4, 0.5) is 0 Å². The second kappa shape index (κ2) is 11.3. The highest BCUT2D eigenvalue weighted by molar-refractivity contribution is 5.81. The Bertz CT molecular complexity index is 910. The number of aliphatic imine (C=N–C) groups is 1. The van der Waals surface area contributed by atoms with E-state index in [0.29, 0.717) is 23.8 Å². The summed E-state index contributed by atoms with van der Waals surface area (Å²) in [5.41, 5.74) is 3.76. The third-order valence-electron chi connectivity index (χ3n) is 5.42. The zero-order chi connectivity index (χ0) is 22.1. The van der Waals surface area contributed by atoms with Crippen LogP contribution in [-0.2, 0) is 6.42 Å². The maximum absolute atomic E-state index is 5.60. The smallest absolute Gasteiger partial charge is 0.203 e. The van der Waals surface area contributed by atoms with E-state index < -0.39 is 0 Å². The fourth-order valence-electron chi connectivity index (χ4n) is 3.84. The minimum absolute atomic E-state index is 0.619. The molecule has 0 radical (unpaired) electrons. The van der Waals surface area contributed by atoms with Gasteiger partial charge in [0.05, 0.1) is 21.3 Å². The van der Waals surface area contributed by atoms with Gasteiger partial charge in [0.2, 0.25) is 5.75 Å². The molecule has 3 rings (SSSR count). The maximum Gasteiger partial charge on any atom is 0.203 e. The zero-order valence-electron chi connectivity index (χ0n) is 19.0. The van der Waals surface area contributed by atoms with Crippen LogP contribution in [0.15, 0.2) is 53.5 Å². The third kappa shape index (κ3) is 5.51. The van der Waals surface area contributed by atoms with E-state index in [0.717, 1.165) is 44.0 Å². The SMILES string of the molecule is CCNC(=NCCc1ccc(OC)c(OC)c1OC)N1CC=C(c2ccccc2)CC1. The van der Waals surface area contributed by atoms with E-state index in [2.05, 4.69) is 53.5 Å². The highest BCUT2D eigenvalue weighted by Crippen LogP contribution is 2.39. The van der Waals surface area contributed by atoms with Gasteiger partial charge in [0.25, 0.3) is 0 Å². The van der Waals surface area contributed by atoms with Gasteiger partial charge in [-0.2, -0.15) is 0 Å². The molecule has 0 bridgehead atoms. The average molecular weight is 424 g/mol. The molecule has 166 valence electrons. The van der Waals surface area contributed by atoms with E-state index in [9.17, 15) is 0 Å². The number of methoxy groups -OCH3 is 3. The molecule has 2 aromatic rings. The summed E-state index contributed by atoms with van der Waals surface area (Å²) in [5.74, 6) is 2.93. The lowest BCUT2D eigenvalue weighted by molar-refractivity contribution is 0.322. The topological polar surface area (TPSA) is 55.3 Å². The zero-order valence-corrected chi connectivity index (χ0v) is 19.0. The number of hydrogen-bond donors (Lipinski definition) is 1. The Morgan fingerprint density at radius 1 is 1.00 bits per heavy atom. The largest absolute Gasteiger partial charge is 0.493 e. The second-order valence-electron chi connectivity index (χ2n) is 7.27. The lowest BCUT2D eigenvalue weighted by Crippen LogP contribution is -2.43. The Balaban J connectivity index is 1.69. The molecule has 31 heavy (non-hydrogen) atoms. The summed E-state index contributed by atoms with van der Waals surface area (Å²) < 4.78 is 16.5. The molecule has 0 spiro atoms. The van der Waals surface area contributed by atoms with Gasteiger partial charge >= 0.3 is 0 Å². The Morgan fingerprint density at radius 2 is 1.77 bits per heavy atom. The number of benzene rings is 2. The average Bonchev–Trinajstić information content (AvgIpc) is 2.83. The summed E-state index contributed by atoms with van der Waals surface area (Å²) in [7, 11) is 4.90. The van der Waals surface area contributed by atoms with Crippen LogP contribution in [0.2, 0.25) is 0 Å². The molecule has 2 aromatic carbocycles. The standard InChI is InChI=1S/C25H33N3O3/c1-5-26-25(28-17-14-20(15-18-28)19-9-7-6-8-10-19)27-16-13-21-11-12-22(29-2)24(31-4)23(21)30-3/h6-12,14H,5,13,15-18H2,1-4H3,(H,26,27). The van der Waals surface area contributed by atoms with Crippen molar-refractivity contribution in [1.29, 1.82) is 0 Å². The molecule has 1 aliphatic rings. The summed E-state index contributed by atoms with van der Waals surface area (Å²) in [4.78, 5) is 7.19. The van der Waals surface area contributed by atoms with Gasteiger partial charge in [-0.05, 0) is 37.0 Å². The first kappa shape index (κ1) is 22.5. The molecule has 0 saturated carbocycles. The predicted molar refractivity (Wildman–Crippen MR) is 126 cm³/mol. The fraction of sp³-hybridized carbons (Fsp3) is 0.400. The number of hydrogen-bond acceptors (Lipinski definition) is 4. The van der Waals surface area contributed by atoms with Gasteiger partial charge in [-0.3, -0.25) is 4.99 Å². The molecular formula is C25H33N3O3. The molecule has 0 aromatic heterocycles. The van der Waals surface area contributed by atoms with E-state index in [1.807, 2.05) is 12.1 Å². The van der Waals surface area contributed by atoms with E-state index >= 15 is 0 Å². The second-order valence-corrected chi connectivity index (χ2v) is 7.27. The summed E-state index contributed by atoms with van der Waals surface area (Å²) in [6.45, 7) is 5.40. The molecule has 0 aliphatic carbocycles. The van der Waals surface area contributed by atoms with Gasteiger partial charge in [0.1, 0.15) is 0 Å². The van der Waals surface area contributed by atoms with Crippen LogP contribution in [0.3, 0.4) is 0 Å². The number of rotatable bonds is 8. The Kier molecular flexibility index (Phi) is 8.21. The minimum Gasteiger partial charge on any atom is -0.493 e. The highest BCUT2D eigenvalue weighted by Gasteiger charge is 2.17. The molecule has 1 aliphatic heterocycles. The first-order valence-corrected chi connectivity index (χ1v) is 10.8. The third-order valence-corrected chi connectivity index (χ3v) is 5.42. The van der Waals surface area contributed by atoms with Crippen LogP contribution in [0.25, 0.3) is 5.57 Å². The lowest BCUT2D eigenvalue weighted by atomic mass is 10.00. The lowest BCUT2D eigenvalue weighted by Gasteiger charge is -2.30. The van der Waals surface area contributed by atoms with Crippen LogP contribution >= 0.6 is 0 Å². The first-order chi connectivity index (χ1) is 15.2. The van der Waals surface area contributed by atoms with Crippen LogP contribution in [-0.4, -0.2) is 58.4 Å². The molecule has 1 N–H and O–H groups in total. The fourth-order valence-corrected chi connectivity index (χ4v) is 3.84. The van der Waals surface area contributed by atoms with E-state index in [-0.39, 0.29) is 0 Å². The summed E-state index contributed by atoms with van der Waals surface area (Å²) in [5, 5.41) is 3.43.